The number of ether oxygens (including phenoxy) is 1. The standard InChI is InChI=1S/C12H18N2O2/c1-3-14(4-2)8-9-16-12(15)11-6-5-7-13-10-11/h5-7,10H,3-4,8-9H2,1-2H3/p+1. The van der Waals surface area contributed by atoms with Crippen LogP contribution in [0.15, 0.2) is 24.5 Å². The minimum atomic E-state index is -0.292. The summed E-state index contributed by atoms with van der Waals surface area (Å²) >= 11 is 0. The first-order chi connectivity index (χ1) is 7.77. The van der Waals surface area contributed by atoms with E-state index in [-0.39, 0.29) is 5.97 Å². The lowest BCUT2D eigenvalue weighted by molar-refractivity contribution is -0.896. The zero-order valence-corrected chi connectivity index (χ0v) is 9.90. The van der Waals surface area contributed by atoms with Crippen molar-refractivity contribution in [3.63, 3.8) is 0 Å². The quantitative estimate of drug-likeness (QED) is 0.699. The molecule has 1 N–H and O–H groups in total. The highest BCUT2D eigenvalue weighted by molar-refractivity contribution is 5.88. The molecule has 4 nitrogen and oxygen atoms in total. The van der Waals surface area contributed by atoms with Gasteiger partial charge in [0.2, 0.25) is 0 Å². The number of pyridine rings is 1. The van der Waals surface area contributed by atoms with Crippen molar-refractivity contribution in [2.24, 2.45) is 0 Å². The molecule has 0 amide bonds. The first-order valence-corrected chi connectivity index (χ1v) is 5.68. The van der Waals surface area contributed by atoms with Gasteiger partial charge >= 0.3 is 5.97 Å². The Kier molecular flexibility index (Phi) is 5.50. The second kappa shape index (κ2) is 6.95. The van der Waals surface area contributed by atoms with Gasteiger partial charge in [0.15, 0.2) is 0 Å². The van der Waals surface area contributed by atoms with E-state index in [1.807, 2.05) is 0 Å². The maximum Gasteiger partial charge on any atom is 0.339 e. The maximum absolute atomic E-state index is 11.5. The minimum absolute atomic E-state index is 0.292. The number of quaternary nitrogens is 1. The molecule has 16 heavy (non-hydrogen) atoms. The fourth-order valence-corrected chi connectivity index (χ4v) is 1.46. The van der Waals surface area contributed by atoms with E-state index in [0.29, 0.717) is 12.2 Å². The van der Waals surface area contributed by atoms with E-state index in [1.54, 1.807) is 18.3 Å². The summed E-state index contributed by atoms with van der Waals surface area (Å²) < 4.78 is 5.16. The first-order valence-electron chi connectivity index (χ1n) is 5.68. The van der Waals surface area contributed by atoms with Gasteiger partial charge in [-0.2, -0.15) is 0 Å². The Balaban J connectivity index is 2.31. The smallest absolute Gasteiger partial charge is 0.339 e. The summed E-state index contributed by atoms with van der Waals surface area (Å²) in [6.45, 7) is 7.69. The van der Waals surface area contributed by atoms with Gasteiger partial charge in [0.05, 0.1) is 18.7 Å². The normalized spacial score (nSPS) is 10.4. The molecule has 88 valence electrons. The van der Waals surface area contributed by atoms with Gasteiger partial charge in [-0.15, -0.1) is 0 Å². The van der Waals surface area contributed by atoms with E-state index in [0.717, 1.165) is 19.6 Å². The molecule has 1 aromatic rings. The number of hydrogen-bond acceptors (Lipinski definition) is 3. The zero-order valence-electron chi connectivity index (χ0n) is 9.90. The maximum atomic E-state index is 11.5. The molecule has 0 atom stereocenters. The summed E-state index contributed by atoms with van der Waals surface area (Å²) in [6, 6.07) is 3.44. The van der Waals surface area contributed by atoms with Gasteiger partial charge < -0.3 is 9.64 Å². The largest absolute Gasteiger partial charge is 0.456 e. The van der Waals surface area contributed by atoms with Gasteiger partial charge in [0, 0.05) is 12.4 Å². The van der Waals surface area contributed by atoms with Crippen molar-refractivity contribution in [1.82, 2.24) is 4.98 Å². The van der Waals surface area contributed by atoms with E-state index in [1.165, 1.54) is 11.1 Å². The van der Waals surface area contributed by atoms with Crippen LogP contribution < -0.4 is 4.90 Å². The second-order valence-corrected chi connectivity index (χ2v) is 3.58. The second-order valence-electron chi connectivity index (χ2n) is 3.58. The highest BCUT2D eigenvalue weighted by Gasteiger charge is 2.08. The van der Waals surface area contributed by atoms with Gasteiger partial charge in [0.25, 0.3) is 0 Å². The highest BCUT2D eigenvalue weighted by Crippen LogP contribution is 1.97. The zero-order chi connectivity index (χ0) is 11.8. The molecule has 1 aromatic heterocycles. The SMILES string of the molecule is CC[NH+](CC)CCOC(=O)c1cccnc1. The molecule has 0 radical (unpaired) electrons. The van der Waals surface area contributed by atoms with Crippen molar-refractivity contribution in [1.29, 1.82) is 0 Å². The molecule has 4 heteroatoms. The van der Waals surface area contributed by atoms with Crippen molar-refractivity contribution in [2.75, 3.05) is 26.2 Å². The molecule has 0 spiro atoms. The van der Waals surface area contributed by atoms with Crippen LogP contribution in [0.2, 0.25) is 0 Å². The summed E-state index contributed by atoms with van der Waals surface area (Å²) in [7, 11) is 0. The third-order valence-corrected chi connectivity index (χ3v) is 2.59. The van der Waals surface area contributed by atoms with Crippen LogP contribution in [-0.2, 0) is 4.74 Å². The molecule has 0 fully saturated rings. The van der Waals surface area contributed by atoms with Gasteiger partial charge in [-0.1, -0.05) is 0 Å². The summed E-state index contributed by atoms with van der Waals surface area (Å²) in [4.78, 5) is 16.8. The van der Waals surface area contributed by atoms with E-state index in [4.69, 9.17) is 4.74 Å². The molecular weight excluding hydrogens is 204 g/mol. The third kappa shape index (κ3) is 3.98. The average molecular weight is 223 g/mol. The summed E-state index contributed by atoms with van der Waals surface area (Å²) in [5.41, 5.74) is 0.511. The summed E-state index contributed by atoms with van der Waals surface area (Å²) in [5.74, 6) is -0.292. The number of carbonyl (C=O) groups excluding carboxylic acids is 1. The Morgan fingerprint density at radius 1 is 1.44 bits per heavy atom. The van der Waals surface area contributed by atoms with Crippen LogP contribution >= 0.6 is 0 Å². The monoisotopic (exact) mass is 223 g/mol. The van der Waals surface area contributed by atoms with E-state index < -0.39 is 0 Å². The number of hydrogen-bond donors (Lipinski definition) is 1. The lowest BCUT2D eigenvalue weighted by Crippen LogP contribution is -3.11. The number of carbonyl (C=O) groups is 1. The average Bonchev–Trinajstić information content (AvgIpc) is 2.35. The molecule has 0 aromatic carbocycles. The highest BCUT2D eigenvalue weighted by atomic mass is 16.5. The molecule has 0 saturated heterocycles. The number of aromatic nitrogens is 1. The van der Waals surface area contributed by atoms with Gasteiger partial charge in [0.1, 0.15) is 13.2 Å². The van der Waals surface area contributed by atoms with Crippen LogP contribution in [0.1, 0.15) is 24.2 Å². The molecule has 1 heterocycles. The summed E-state index contributed by atoms with van der Waals surface area (Å²) in [6.07, 6.45) is 3.16. The molecule has 0 aliphatic rings. The molecular formula is C12H19N2O2+. The van der Waals surface area contributed by atoms with Crippen LogP contribution in [0.4, 0.5) is 0 Å². The topological polar surface area (TPSA) is 43.6 Å². The number of nitrogens with one attached hydrogen (secondary N) is 1. The molecule has 0 unspecified atom stereocenters. The van der Waals surface area contributed by atoms with Crippen LogP contribution in [-0.4, -0.2) is 37.2 Å². The van der Waals surface area contributed by atoms with Crippen LogP contribution in [0, 0.1) is 0 Å². The van der Waals surface area contributed by atoms with Crippen molar-refractivity contribution in [2.45, 2.75) is 13.8 Å². The van der Waals surface area contributed by atoms with E-state index in [2.05, 4.69) is 18.8 Å². The van der Waals surface area contributed by atoms with Gasteiger partial charge in [-0.3, -0.25) is 4.98 Å². The Labute approximate surface area is 96.2 Å². The first kappa shape index (κ1) is 12.6. The van der Waals surface area contributed by atoms with E-state index in [9.17, 15) is 4.79 Å². The van der Waals surface area contributed by atoms with Crippen LogP contribution in [0.5, 0.6) is 0 Å². The van der Waals surface area contributed by atoms with E-state index >= 15 is 0 Å². The predicted octanol–water partition coefficient (Wildman–Crippen LogP) is 0.163. The molecule has 0 aliphatic heterocycles. The molecule has 1 rings (SSSR count). The number of likely N-dealkylation sites (N-methyl/N-ethyl adjacent to an activating group) is 1. The fraction of sp³-hybridized carbons (Fsp3) is 0.500. The Morgan fingerprint density at radius 3 is 2.75 bits per heavy atom. The third-order valence-electron chi connectivity index (χ3n) is 2.59. The number of esters is 1. The Hall–Kier alpha value is -1.42. The van der Waals surface area contributed by atoms with Crippen molar-refractivity contribution < 1.29 is 14.4 Å². The fourth-order valence-electron chi connectivity index (χ4n) is 1.46. The van der Waals surface area contributed by atoms with Crippen molar-refractivity contribution in [3.05, 3.63) is 30.1 Å². The lowest BCUT2D eigenvalue weighted by Gasteiger charge is -2.14. The van der Waals surface area contributed by atoms with Crippen molar-refractivity contribution >= 4 is 5.97 Å². The number of rotatable bonds is 6. The lowest BCUT2D eigenvalue weighted by atomic mass is 10.3. The Morgan fingerprint density at radius 2 is 2.19 bits per heavy atom. The molecule has 0 aliphatic carbocycles. The Bertz CT molecular complexity index is 310. The predicted molar refractivity (Wildman–Crippen MR) is 61.4 cm³/mol. The summed E-state index contributed by atoms with van der Waals surface area (Å²) in [5, 5.41) is 0. The number of nitrogens with zero attached hydrogens (tertiary/aromatic N) is 1. The van der Waals surface area contributed by atoms with Gasteiger partial charge in [-0.05, 0) is 26.0 Å². The van der Waals surface area contributed by atoms with Crippen LogP contribution in [0.3, 0.4) is 0 Å². The molecule has 0 bridgehead atoms. The van der Waals surface area contributed by atoms with Gasteiger partial charge in [-0.25, -0.2) is 4.79 Å². The molecule has 0 saturated carbocycles. The van der Waals surface area contributed by atoms with Crippen molar-refractivity contribution in [3.8, 4) is 0 Å². The minimum Gasteiger partial charge on any atom is -0.456 e. The van der Waals surface area contributed by atoms with Crippen LogP contribution in [0.25, 0.3) is 0 Å².